The Morgan fingerprint density at radius 2 is 1.48 bits per heavy atom. The average Bonchev–Trinajstić information content (AvgIpc) is 2.44. The summed E-state index contributed by atoms with van der Waals surface area (Å²) in [5, 5.41) is 0. The van der Waals surface area contributed by atoms with E-state index in [1.807, 2.05) is 6.92 Å². The van der Waals surface area contributed by atoms with Crippen molar-refractivity contribution in [1.29, 1.82) is 0 Å². The molecule has 0 saturated carbocycles. The van der Waals surface area contributed by atoms with Gasteiger partial charge in [-0.25, -0.2) is 4.79 Å². The largest absolute Gasteiger partial charge is 0.508 e. The summed E-state index contributed by atoms with van der Waals surface area (Å²) >= 11 is 0. The van der Waals surface area contributed by atoms with Crippen LogP contribution in [-0.2, 0) is 9.47 Å². The highest BCUT2D eigenvalue weighted by atomic mass is 16.7. The van der Waals surface area contributed by atoms with Crippen molar-refractivity contribution in [3.8, 4) is 0 Å². The first kappa shape index (κ1) is 20.3. The minimum Gasteiger partial charge on any atom is -0.435 e. The molecule has 0 aliphatic heterocycles. The Kier molecular flexibility index (Phi) is 11.5. The lowest BCUT2D eigenvalue weighted by atomic mass is 9.75. The monoisotopic (exact) mass is 300 g/mol. The molecular formula is C18H36O3. The van der Waals surface area contributed by atoms with Crippen LogP contribution in [0.5, 0.6) is 0 Å². The van der Waals surface area contributed by atoms with Crippen LogP contribution in [0.3, 0.4) is 0 Å². The van der Waals surface area contributed by atoms with E-state index in [1.54, 1.807) is 6.92 Å². The second-order valence-corrected chi connectivity index (χ2v) is 6.36. The lowest BCUT2D eigenvalue weighted by molar-refractivity contribution is -0.0259. The zero-order valence-electron chi connectivity index (χ0n) is 14.9. The second kappa shape index (κ2) is 11.9. The molecule has 0 rings (SSSR count). The average molecular weight is 300 g/mol. The molecule has 21 heavy (non-hydrogen) atoms. The molecule has 2 atom stereocenters. The Morgan fingerprint density at radius 3 is 2.00 bits per heavy atom. The van der Waals surface area contributed by atoms with Crippen LogP contribution in [0.1, 0.15) is 92.4 Å². The fourth-order valence-electron chi connectivity index (χ4n) is 2.70. The molecule has 2 unspecified atom stereocenters. The SMILES string of the molecule is CCCCCCC(C)(CCCCC)C(C)OC(=O)OCC. The van der Waals surface area contributed by atoms with Gasteiger partial charge in [0.1, 0.15) is 6.10 Å². The van der Waals surface area contributed by atoms with Gasteiger partial charge in [-0.2, -0.15) is 0 Å². The van der Waals surface area contributed by atoms with Crippen LogP contribution in [0.4, 0.5) is 4.79 Å². The Bertz CT molecular complexity index is 265. The van der Waals surface area contributed by atoms with Crippen molar-refractivity contribution in [1.82, 2.24) is 0 Å². The van der Waals surface area contributed by atoms with Crippen molar-refractivity contribution in [2.45, 2.75) is 98.5 Å². The maximum Gasteiger partial charge on any atom is 0.508 e. The molecule has 3 nitrogen and oxygen atoms in total. The number of unbranched alkanes of at least 4 members (excludes halogenated alkanes) is 5. The van der Waals surface area contributed by atoms with Gasteiger partial charge >= 0.3 is 6.16 Å². The molecule has 0 saturated heterocycles. The number of hydrogen-bond acceptors (Lipinski definition) is 3. The molecule has 0 aromatic carbocycles. The van der Waals surface area contributed by atoms with Gasteiger partial charge in [-0.15, -0.1) is 0 Å². The predicted octanol–water partition coefficient (Wildman–Crippen LogP) is 6.11. The highest BCUT2D eigenvalue weighted by Crippen LogP contribution is 2.36. The Balaban J connectivity index is 4.48. The van der Waals surface area contributed by atoms with E-state index in [9.17, 15) is 4.79 Å². The molecule has 0 fully saturated rings. The van der Waals surface area contributed by atoms with Crippen molar-refractivity contribution in [2.24, 2.45) is 5.41 Å². The van der Waals surface area contributed by atoms with Crippen molar-refractivity contribution >= 4 is 6.16 Å². The third-order valence-electron chi connectivity index (χ3n) is 4.47. The van der Waals surface area contributed by atoms with Crippen LogP contribution in [0.2, 0.25) is 0 Å². The molecule has 0 N–H and O–H groups in total. The number of rotatable bonds is 12. The summed E-state index contributed by atoms with van der Waals surface area (Å²) in [5.74, 6) is 0. The van der Waals surface area contributed by atoms with E-state index < -0.39 is 6.16 Å². The molecular weight excluding hydrogens is 264 g/mol. The molecule has 0 amide bonds. The van der Waals surface area contributed by atoms with Crippen LogP contribution >= 0.6 is 0 Å². The molecule has 0 aromatic heterocycles. The summed E-state index contributed by atoms with van der Waals surface area (Å²) < 4.78 is 10.4. The molecule has 0 aromatic rings. The fraction of sp³-hybridized carbons (Fsp3) is 0.944. The van der Waals surface area contributed by atoms with E-state index in [0.717, 1.165) is 12.8 Å². The first-order chi connectivity index (χ1) is 10.00. The highest BCUT2D eigenvalue weighted by Gasteiger charge is 2.33. The van der Waals surface area contributed by atoms with E-state index >= 15 is 0 Å². The van der Waals surface area contributed by atoms with Crippen LogP contribution in [-0.4, -0.2) is 18.9 Å². The van der Waals surface area contributed by atoms with Gasteiger partial charge in [0.2, 0.25) is 0 Å². The Morgan fingerprint density at radius 1 is 0.952 bits per heavy atom. The van der Waals surface area contributed by atoms with Gasteiger partial charge in [-0.05, 0) is 26.7 Å². The van der Waals surface area contributed by atoms with Gasteiger partial charge in [-0.3, -0.25) is 0 Å². The van der Waals surface area contributed by atoms with Gasteiger partial charge in [0.05, 0.1) is 6.61 Å². The molecule has 0 radical (unpaired) electrons. The molecule has 0 bridgehead atoms. The predicted molar refractivity (Wildman–Crippen MR) is 88.6 cm³/mol. The quantitative estimate of drug-likeness (QED) is 0.322. The normalized spacial score (nSPS) is 15.3. The summed E-state index contributed by atoms with van der Waals surface area (Å²) in [6, 6.07) is 0. The van der Waals surface area contributed by atoms with Crippen molar-refractivity contribution in [3.05, 3.63) is 0 Å². The first-order valence-electron chi connectivity index (χ1n) is 8.83. The first-order valence-corrected chi connectivity index (χ1v) is 8.83. The summed E-state index contributed by atoms with van der Waals surface area (Å²) in [4.78, 5) is 11.6. The van der Waals surface area contributed by atoms with Crippen molar-refractivity contribution < 1.29 is 14.3 Å². The highest BCUT2D eigenvalue weighted by molar-refractivity contribution is 5.60. The van der Waals surface area contributed by atoms with Crippen LogP contribution in [0, 0.1) is 5.41 Å². The van der Waals surface area contributed by atoms with E-state index in [0.29, 0.717) is 6.61 Å². The summed E-state index contributed by atoms with van der Waals surface area (Å²) in [7, 11) is 0. The van der Waals surface area contributed by atoms with E-state index in [-0.39, 0.29) is 11.5 Å². The number of hydrogen-bond donors (Lipinski definition) is 0. The molecule has 3 heteroatoms. The fourth-order valence-corrected chi connectivity index (χ4v) is 2.70. The molecule has 0 aliphatic carbocycles. The maximum atomic E-state index is 11.6. The smallest absolute Gasteiger partial charge is 0.435 e. The lowest BCUT2D eigenvalue weighted by Gasteiger charge is -2.35. The van der Waals surface area contributed by atoms with Crippen molar-refractivity contribution in [3.63, 3.8) is 0 Å². The minimum absolute atomic E-state index is 0.0652. The van der Waals surface area contributed by atoms with Gasteiger partial charge in [0.15, 0.2) is 0 Å². The zero-order valence-corrected chi connectivity index (χ0v) is 14.9. The summed E-state index contributed by atoms with van der Waals surface area (Å²) in [6.45, 7) is 10.9. The Hall–Kier alpha value is -0.730. The second-order valence-electron chi connectivity index (χ2n) is 6.36. The van der Waals surface area contributed by atoms with Crippen LogP contribution in [0.25, 0.3) is 0 Å². The number of carbonyl (C=O) groups excluding carboxylic acids is 1. The minimum atomic E-state index is -0.528. The molecule has 0 aliphatic rings. The third kappa shape index (κ3) is 9.00. The van der Waals surface area contributed by atoms with Crippen LogP contribution < -0.4 is 0 Å². The van der Waals surface area contributed by atoms with E-state index in [1.165, 1.54) is 44.9 Å². The maximum absolute atomic E-state index is 11.6. The molecule has 0 heterocycles. The van der Waals surface area contributed by atoms with Gasteiger partial charge in [0.25, 0.3) is 0 Å². The van der Waals surface area contributed by atoms with Gasteiger partial charge < -0.3 is 9.47 Å². The third-order valence-corrected chi connectivity index (χ3v) is 4.47. The van der Waals surface area contributed by atoms with Gasteiger partial charge in [-0.1, -0.05) is 65.7 Å². The number of ether oxygens (including phenoxy) is 2. The summed E-state index contributed by atoms with van der Waals surface area (Å²) in [6.07, 6.45) is 10.3. The van der Waals surface area contributed by atoms with E-state index in [2.05, 4.69) is 20.8 Å². The Labute approximate surface area is 131 Å². The van der Waals surface area contributed by atoms with Crippen molar-refractivity contribution in [2.75, 3.05) is 6.61 Å². The standard InChI is InChI=1S/C18H36O3/c1-6-9-11-13-15-18(5,14-12-10-7-2)16(4)21-17(19)20-8-3/h16H,6-15H2,1-5H3. The number of carbonyl (C=O) groups is 1. The molecule has 0 spiro atoms. The topological polar surface area (TPSA) is 35.5 Å². The molecule has 126 valence electrons. The van der Waals surface area contributed by atoms with E-state index in [4.69, 9.17) is 9.47 Å². The van der Waals surface area contributed by atoms with Crippen LogP contribution in [0.15, 0.2) is 0 Å². The van der Waals surface area contributed by atoms with Gasteiger partial charge in [0, 0.05) is 5.41 Å². The lowest BCUT2D eigenvalue weighted by Crippen LogP contribution is -2.34. The zero-order chi connectivity index (χ0) is 16.1. The summed E-state index contributed by atoms with van der Waals surface area (Å²) in [5.41, 5.74) is 0.0652.